The molecule has 0 aliphatic carbocycles. The first-order valence-electron chi connectivity index (χ1n) is 7.39. The third kappa shape index (κ3) is 3.73. The van der Waals surface area contributed by atoms with Crippen molar-refractivity contribution in [1.29, 1.82) is 0 Å². The van der Waals surface area contributed by atoms with Crippen molar-refractivity contribution < 1.29 is 4.74 Å². The Balaban J connectivity index is 2.11. The summed E-state index contributed by atoms with van der Waals surface area (Å²) in [7, 11) is 1.77. The molecule has 19 heavy (non-hydrogen) atoms. The highest BCUT2D eigenvalue weighted by Gasteiger charge is 2.18. The molecule has 0 radical (unpaired) electrons. The summed E-state index contributed by atoms with van der Waals surface area (Å²) < 4.78 is 5.51. The standard InChI is InChI=1S/C17H27NO/c1-17(2,3)15-7-8-16(19-4)14(11-15)6-5-13-9-10-18-12-13/h7-8,11,13,18H,5-6,9-10,12H2,1-4H3. The number of hydrogen-bond acceptors (Lipinski definition) is 2. The van der Waals surface area contributed by atoms with Crippen molar-refractivity contribution in [2.45, 2.75) is 45.4 Å². The number of ether oxygens (including phenoxy) is 1. The van der Waals surface area contributed by atoms with E-state index in [1.54, 1.807) is 7.11 Å². The molecular weight excluding hydrogens is 234 g/mol. The number of aryl methyl sites for hydroxylation is 1. The van der Waals surface area contributed by atoms with Crippen LogP contribution in [-0.2, 0) is 11.8 Å². The molecular formula is C17H27NO. The zero-order valence-corrected chi connectivity index (χ0v) is 12.8. The molecule has 1 aromatic carbocycles. The lowest BCUT2D eigenvalue weighted by atomic mass is 9.85. The lowest BCUT2D eigenvalue weighted by Gasteiger charge is -2.21. The molecule has 0 saturated carbocycles. The minimum atomic E-state index is 0.204. The molecule has 1 fully saturated rings. The SMILES string of the molecule is COc1ccc(C(C)(C)C)cc1CCC1CCNC1. The van der Waals surface area contributed by atoms with Crippen LogP contribution in [0.1, 0.15) is 44.7 Å². The summed E-state index contributed by atoms with van der Waals surface area (Å²) in [5.74, 6) is 1.88. The summed E-state index contributed by atoms with van der Waals surface area (Å²) in [6.45, 7) is 9.16. The van der Waals surface area contributed by atoms with Gasteiger partial charge in [-0.25, -0.2) is 0 Å². The lowest BCUT2D eigenvalue weighted by molar-refractivity contribution is 0.406. The molecule has 1 aromatic rings. The third-order valence-electron chi connectivity index (χ3n) is 4.13. The van der Waals surface area contributed by atoms with Gasteiger partial charge in [-0.3, -0.25) is 0 Å². The van der Waals surface area contributed by atoms with Crippen molar-refractivity contribution in [3.8, 4) is 5.75 Å². The first-order chi connectivity index (χ1) is 9.00. The largest absolute Gasteiger partial charge is 0.496 e. The summed E-state index contributed by atoms with van der Waals surface area (Å²) in [5.41, 5.74) is 2.96. The molecule has 1 N–H and O–H groups in total. The number of hydrogen-bond donors (Lipinski definition) is 1. The zero-order chi connectivity index (χ0) is 13.9. The number of benzene rings is 1. The van der Waals surface area contributed by atoms with E-state index in [0.29, 0.717) is 0 Å². The van der Waals surface area contributed by atoms with Gasteiger partial charge in [0.05, 0.1) is 7.11 Å². The van der Waals surface area contributed by atoms with Gasteiger partial charge in [-0.2, -0.15) is 0 Å². The van der Waals surface area contributed by atoms with Gasteiger partial charge in [0.15, 0.2) is 0 Å². The van der Waals surface area contributed by atoms with E-state index in [9.17, 15) is 0 Å². The average molecular weight is 261 g/mol. The molecule has 0 aromatic heterocycles. The van der Waals surface area contributed by atoms with Crippen LogP contribution in [0.4, 0.5) is 0 Å². The number of methoxy groups -OCH3 is 1. The summed E-state index contributed by atoms with van der Waals surface area (Å²) in [6.07, 6.45) is 3.71. The van der Waals surface area contributed by atoms with Crippen molar-refractivity contribution in [2.24, 2.45) is 5.92 Å². The van der Waals surface area contributed by atoms with E-state index in [4.69, 9.17) is 4.74 Å². The summed E-state index contributed by atoms with van der Waals surface area (Å²) >= 11 is 0. The first kappa shape index (κ1) is 14.4. The Morgan fingerprint density at radius 2 is 2.11 bits per heavy atom. The van der Waals surface area contributed by atoms with E-state index in [0.717, 1.165) is 18.1 Å². The fourth-order valence-electron chi connectivity index (χ4n) is 2.76. The second-order valence-corrected chi connectivity index (χ2v) is 6.67. The summed E-state index contributed by atoms with van der Waals surface area (Å²) in [5, 5.41) is 3.44. The van der Waals surface area contributed by atoms with Crippen molar-refractivity contribution >= 4 is 0 Å². The van der Waals surface area contributed by atoms with E-state index in [1.165, 1.54) is 37.1 Å². The molecule has 2 heteroatoms. The van der Waals surface area contributed by atoms with Gasteiger partial charge in [0.2, 0.25) is 0 Å². The van der Waals surface area contributed by atoms with Crippen LogP contribution in [-0.4, -0.2) is 20.2 Å². The predicted octanol–water partition coefficient (Wildman–Crippen LogP) is 3.53. The van der Waals surface area contributed by atoms with E-state index in [-0.39, 0.29) is 5.41 Å². The Morgan fingerprint density at radius 1 is 1.32 bits per heavy atom. The van der Waals surface area contributed by atoms with Gasteiger partial charge in [0, 0.05) is 0 Å². The fourth-order valence-corrected chi connectivity index (χ4v) is 2.76. The average Bonchev–Trinajstić information content (AvgIpc) is 2.88. The molecule has 0 amide bonds. The van der Waals surface area contributed by atoms with Crippen LogP contribution in [0.15, 0.2) is 18.2 Å². The minimum absolute atomic E-state index is 0.204. The minimum Gasteiger partial charge on any atom is -0.496 e. The number of nitrogens with one attached hydrogen (secondary N) is 1. The third-order valence-corrected chi connectivity index (χ3v) is 4.13. The van der Waals surface area contributed by atoms with Crippen LogP contribution < -0.4 is 10.1 Å². The van der Waals surface area contributed by atoms with E-state index in [1.807, 2.05) is 0 Å². The zero-order valence-electron chi connectivity index (χ0n) is 12.8. The van der Waals surface area contributed by atoms with Gasteiger partial charge in [-0.1, -0.05) is 32.9 Å². The van der Waals surface area contributed by atoms with Gasteiger partial charge in [-0.15, -0.1) is 0 Å². The van der Waals surface area contributed by atoms with E-state index in [2.05, 4.69) is 44.3 Å². The number of rotatable bonds is 4. The molecule has 1 aliphatic heterocycles. The maximum atomic E-state index is 5.51. The van der Waals surface area contributed by atoms with Crippen molar-refractivity contribution in [3.63, 3.8) is 0 Å². The molecule has 2 rings (SSSR count). The highest BCUT2D eigenvalue weighted by atomic mass is 16.5. The molecule has 0 bridgehead atoms. The topological polar surface area (TPSA) is 21.3 Å². The van der Waals surface area contributed by atoms with E-state index < -0.39 is 0 Å². The molecule has 1 unspecified atom stereocenters. The Kier molecular flexibility index (Phi) is 4.51. The molecule has 1 aliphatic rings. The van der Waals surface area contributed by atoms with Gasteiger partial charge >= 0.3 is 0 Å². The van der Waals surface area contributed by atoms with Crippen LogP contribution in [0.5, 0.6) is 5.75 Å². The highest BCUT2D eigenvalue weighted by molar-refractivity contribution is 5.39. The second kappa shape index (κ2) is 5.96. The molecule has 2 nitrogen and oxygen atoms in total. The Morgan fingerprint density at radius 3 is 2.68 bits per heavy atom. The summed E-state index contributed by atoms with van der Waals surface area (Å²) in [6, 6.07) is 6.66. The van der Waals surface area contributed by atoms with Crippen molar-refractivity contribution in [1.82, 2.24) is 5.32 Å². The monoisotopic (exact) mass is 261 g/mol. The quantitative estimate of drug-likeness (QED) is 0.895. The van der Waals surface area contributed by atoms with Crippen LogP contribution in [0, 0.1) is 5.92 Å². The lowest BCUT2D eigenvalue weighted by Crippen LogP contribution is -2.12. The molecule has 106 valence electrons. The van der Waals surface area contributed by atoms with Crippen molar-refractivity contribution in [2.75, 3.05) is 20.2 Å². The molecule has 0 spiro atoms. The first-order valence-corrected chi connectivity index (χ1v) is 7.39. The van der Waals surface area contributed by atoms with Crippen molar-refractivity contribution in [3.05, 3.63) is 29.3 Å². The molecule has 1 atom stereocenters. The van der Waals surface area contributed by atoms with Crippen LogP contribution in [0.3, 0.4) is 0 Å². The van der Waals surface area contributed by atoms with Gasteiger partial charge in [-0.05, 0) is 60.9 Å². The highest BCUT2D eigenvalue weighted by Crippen LogP contribution is 2.29. The van der Waals surface area contributed by atoms with Gasteiger partial charge in [0.25, 0.3) is 0 Å². The normalized spacial score (nSPS) is 19.7. The second-order valence-electron chi connectivity index (χ2n) is 6.67. The van der Waals surface area contributed by atoms with E-state index >= 15 is 0 Å². The fraction of sp³-hybridized carbons (Fsp3) is 0.647. The van der Waals surface area contributed by atoms with Gasteiger partial charge < -0.3 is 10.1 Å². The van der Waals surface area contributed by atoms with Crippen LogP contribution in [0.2, 0.25) is 0 Å². The maximum absolute atomic E-state index is 5.51. The predicted molar refractivity (Wildman–Crippen MR) is 81.0 cm³/mol. The van der Waals surface area contributed by atoms with Crippen LogP contribution >= 0.6 is 0 Å². The molecule has 1 heterocycles. The van der Waals surface area contributed by atoms with Crippen LogP contribution in [0.25, 0.3) is 0 Å². The Hall–Kier alpha value is -1.02. The smallest absolute Gasteiger partial charge is 0.122 e. The maximum Gasteiger partial charge on any atom is 0.122 e. The Bertz CT molecular complexity index is 414. The summed E-state index contributed by atoms with van der Waals surface area (Å²) in [4.78, 5) is 0. The molecule has 1 saturated heterocycles. The Labute approximate surface area is 117 Å². The van der Waals surface area contributed by atoms with Gasteiger partial charge in [0.1, 0.15) is 5.75 Å².